The third-order valence-electron chi connectivity index (χ3n) is 16.9. The van der Waals surface area contributed by atoms with Gasteiger partial charge in [-0.15, -0.1) is 0 Å². The van der Waals surface area contributed by atoms with Gasteiger partial charge in [-0.3, -0.25) is 0 Å². The molecule has 2 fully saturated rings. The van der Waals surface area contributed by atoms with E-state index in [0.29, 0.717) is 0 Å². The van der Waals surface area contributed by atoms with E-state index in [1.54, 1.807) is 22.1 Å². The predicted octanol–water partition coefficient (Wildman–Crippen LogP) is 9.23. The molecule has 12 rings (SSSR count). The Hall–Kier alpha value is -4.22. The molecular formula is C49H52BN3Si. The maximum Gasteiger partial charge on any atom is 0.252 e. The molecule has 5 heterocycles. The van der Waals surface area contributed by atoms with Crippen LogP contribution in [0.5, 0.6) is 0 Å². The van der Waals surface area contributed by atoms with Crippen LogP contribution < -0.4 is 41.5 Å². The van der Waals surface area contributed by atoms with Crippen LogP contribution in [0.3, 0.4) is 0 Å². The van der Waals surface area contributed by atoms with Gasteiger partial charge in [-0.1, -0.05) is 125 Å². The first-order chi connectivity index (χ1) is 25.9. The SMILES string of the molecule is Cc1cc2c3c(c1)C1(C)CCCCC1(C)N3c1cc(N3c4ccccc4[Si](C)(C)c4ccccc43)cc3c1B2c1cccc2c1N3C1(C)CCCCC21C. The standard InChI is InChI=1S/C49H52BN3Si/c1-31-27-34-45-36(28-31)50-35-18-16-17-33-44(35)52(48(4)25-14-12-23-46(33,48)2)39-29-32(30-40(43(39)50)53(45)49(5)26-15-13-24-47(34,49)3)51-37-19-8-10-21-41(37)54(6,7)42-22-11-9-20-38(42)51/h8-11,16-22,27-30H,12-15,23-26H2,1-7H3. The van der Waals surface area contributed by atoms with Crippen molar-refractivity contribution in [2.24, 2.45) is 0 Å². The molecule has 54 heavy (non-hydrogen) atoms. The summed E-state index contributed by atoms with van der Waals surface area (Å²) in [5, 5.41) is 3.06. The molecule has 5 aliphatic heterocycles. The summed E-state index contributed by atoms with van der Waals surface area (Å²) in [4.78, 5) is 8.53. The number of benzene rings is 5. The minimum Gasteiger partial charge on any atom is -0.335 e. The van der Waals surface area contributed by atoms with E-state index < -0.39 is 8.07 Å². The number of anilines is 7. The third-order valence-corrected chi connectivity index (χ3v) is 20.5. The highest BCUT2D eigenvalue weighted by molar-refractivity contribution is 7.03. The Labute approximate surface area is 323 Å². The van der Waals surface area contributed by atoms with Gasteiger partial charge in [0.15, 0.2) is 0 Å². The van der Waals surface area contributed by atoms with Crippen molar-refractivity contribution in [2.45, 2.75) is 121 Å². The van der Waals surface area contributed by atoms with Crippen LogP contribution in [0.15, 0.2) is 91.0 Å². The molecule has 4 atom stereocenters. The lowest BCUT2D eigenvalue weighted by Gasteiger charge is -2.55. The number of rotatable bonds is 1. The second-order valence-corrected chi connectivity index (χ2v) is 23.9. The average Bonchev–Trinajstić information content (AvgIpc) is 3.51. The Bertz CT molecular complexity index is 2460. The number of nitrogens with zero attached hydrogens (tertiary/aromatic N) is 3. The Morgan fingerprint density at radius 2 is 1.09 bits per heavy atom. The van der Waals surface area contributed by atoms with Crippen molar-refractivity contribution in [3.63, 3.8) is 0 Å². The Kier molecular flexibility index (Phi) is 5.91. The second kappa shape index (κ2) is 9.95. The quantitative estimate of drug-likeness (QED) is 0.160. The minimum atomic E-state index is -1.93. The fraction of sp³-hybridized carbons (Fsp3) is 0.388. The lowest BCUT2D eigenvalue weighted by molar-refractivity contribution is 0.194. The average molecular weight is 722 g/mol. The van der Waals surface area contributed by atoms with E-state index in [2.05, 4.69) is 153 Å². The Morgan fingerprint density at radius 3 is 1.70 bits per heavy atom. The van der Waals surface area contributed by atoms with Crippen LogP contribution in [0.25, 0.3) is 0 Å². The summed E-state index contributed by atoms with van der Waals surface area (Å²) in [7, 11) is -1.93. The van der Waals surface area contributed by atoms with Crippen LogP contribution in [-0.4, -0.2) is 25.9 Å². The van der Waals surface area contributed by atoms with E-state index in [1.165, 1.54) is 113 Å². The molecule has 5 aromatic carbocycles. The topological polar surface area (TPSA) is 9.72 Å². The normalized spacial score (nSPS) is 29.8. The van der Waals surface area contributed by atoms with Crippen LogP contribution in [0.2, 0.25) is 13.1 Å². The summed E-state index contributed by atoms with van der Waals surface area (Å²) in [5.41, 5.74) is 19.4. The fourth-order valence-corrected chi connectivity index (χ4v) is 16.8. The van der Waals surface area contributed by atoms with Crippen LogP contribution in [0.1, 0.15) is 95.8 Å². The van der Waals surface area contributed by atoms with E-state index >= 15 is 0 Å². The molecule has 0 bridgehead atoms. The Balaban J connectivity index is 1.23. The zero-order valence-electron chi connectivity index (χ0n) is 33.2. The van der Waals surface area contributed by atoms with Gasteiger partial charge < -0.3 is 14.7 Å². The summed E-state index contributed by atoms with van der Waals surface area (Å²) in [6.07, 6.45) is 10.1. The highest BCUT2D eigenvalue weighted by Gasteiger charge is 2.65. The maximum atomic E-state index is 2.93. The molecule has 0 aromatic heterocycles. The van der Waals surface area contributed by atoms with Gasteiger partial charge in [0.05, 0.1) is 16.8 Å². The molecule has 2 saturated carbocycles. The molecule has 7 aliphatic rings. The molecule has 4 unspecified atom stereocenters. The van der Waals surface area contributed by atoms with E-state index in [-0.39, 0.29) is 28.6 Å². The molecular weight excluding hydrogens is 669 g/mol. The van der Waals surface area contributed by atoms with Gasteiger partial charge in [0.25, 0.3) is 6.71 Å². The molecule has 5 aromatic rings. The van der Waals surface area contributed by atoms with Crippen LogP contribution >= 0.6 is 0 Å². The zero-order valence-corrected chi connectivity index (χ0v) is 34.2. The predicted molar refractivity (Wildman–Crippen MR) is 233 cm³/mol. The van der Waals surface area contributed by atoms with Crippen molar-refractivity contribution in [3.05, 3.63) is 108 Å². The van der Waals surface area contributed by atoms with E-state index in [9.17, 15) is 0 Å². The van der Waals surface area contributed by atoms with Gasteiger partial charge >= 0.3 is 0 Å². The number of hydrogen-bond donors (Lipinski definition) is 0. The molecule has 0 spiro atoms. The zero-order chi connectivity index (χ0) is 36.7. The number of hydrogen-bond acceptors (Lipinski definition) is 3. The smallest absolute Gasteiger partial charge is 0.252 e. The molecule has 0 saturated heterocycles. The van der Waals surface area contributed by atoms with Gasteiger partial charge in [0, 0.05) is 45.0 Å². The first-order valence-corrected chi connectivity index (χ1v) is 24.0. The lowest BCUT2D eigenvalue weighted by Crippen LogP contribution is -2.66. The van der Waals surface area contributed by atoms with Gasteiger partial charge in [-0.25, -0.2) is 0 Å². The molecule has 0 amide bonds. The fourth-order valence-electron chi connectivity index (χ4n) is 13.8. The summed E-state index contributed by atoms with van der Waals surface area (Å²) in [6.45, 7) is 18.2. The van der Waals surface area contributed by atoms with E-state index in [1.807, 2.05) is 0 Å². The van der Waals surface area contributed by atoms with Crippen molar-refractivity contribution in [1.29, 1.82) is 0 Å². The highest BCUT2D eigenvalue weighted by Crippen LogP contribution is 2.65. The maximum absolute atomic E-state index is 2.93. The largest absolute Gasteiger partial charge is 0.335 e. The molecule has 0 radical (unpaired) electrons. The lowest BCUT2D eigenvalue weighted by atomic mass is 9.33. The van der Waals surface area contributed by atoms with Gasteiger partial charge in [0.1, 0.15) is 8.07 Å². The van der Waals surface area contributed by atoms with Gasteiger partial charge in [-0.05, 0) is 109 Å². The molecule has 3 nitrogen and oxygen atoms in total. The van der Waals surface area contributed by atoms with Crippen molar-refractivity contribution < 1.29 is 0 Å². The number of para-hydroxylation sites is 3. The van der Waals surface area contributed by atoms with Crippen molar-refractivity contribution in [2.75, 3.05) is 14.7 Å². The minimum absolute atomic E-state index is 0.0000263. The second-order valence-electron chi connectivity index (χ2n) is 19.6. The molecule has 270 valence electrons. The highest BCUT2D eigenvalue weighted by atomic mass is 28.3. The first kappa shape index (κ1) is 32.1. The summed E-state index contributed by atoms with van der Waals surface area (Å²) in [6, 6.07) is 36.7. The number of fused-ring (bicyclic) bond motifs is 12. The third kappa shape index (κ3) is 3.38. The van der Waals surface area contributed by atoms with Gasteiger partial charge in [0.2, 0.25) is 0 Å². The van der Waals surface area contributed by atoms with Gasteiger partial charge in [-0.2, -0.15) is 0 Å². The summed E-state index contributed by atoms with van der Waals surface area (Å²) >= 11 is 0. The first-order valence-electron chi connectivity index (χ1n) is 21.0. The molecule has 0 N–H and O–H groups in total. The summed E-state index contributed by atoms with van der Waals surface area (Å²) in [5.74, 6) is 0. The number of aryl methyl sites for hydroxylation is 1. The monoisotopic (exact) mass is 721 g/mol. The van der Waals surface area contributed by atoms with Crippen molar-refractivity contribution in [1.82, 2.24) is 0 Å². The van der Waals surface area contributed by atoms with Crippen molar-refractivity contribution in [3.8, 4) is 0 Å². The van der Waals surface area contributed by atoms with Crippen molar-refractivity contribution >= 4 is 81.4 Å². The van der Waals surface area contributed by atoms with Crippen LogP contribution in [-0.2, 0) is 10.8 Å². The van der Waals surface area contributed by atoms with E-state index in [0.717, 1.165) is 0 Å². The summed E-state index contributed by atoms with van der Waals surface area (Å²) < 4.78 is 0. The Morgan fingerprint density at radius 1 is 0.556 bits per heavy atom. The molecule has 5 heteroatoms. The van der Waals surface area contributed by atoms with E-state index in [4.69, 9.17) is 0 Å². The van der Waals surface area contributed by atoms with Crippen LogP contribution in [0, 0.1) is 6.92 Å². The van der Waals surface area contributed by atoms with Crippen LogP contribution in [0.4, 0.5) is 39.8 Å². The molecule has 2 aliphatic carbocycles.